The summed E-state index contributed by atoms with van der Waals surface area (Å²) in [5.41, 5.74) is 1.63. The average molecular weight is 264 g/mol. The lowest BCUT2D eigenvalue weighted by molar-refractivity contribution is -0.109. The predicted molar refractivity (Wildman–Crippen MR) is 65.8 cm³/mol. The second-order valence-electron chi connectivity index (χ2n) is 3.13. The summed E-state index contributed by atoms with van der Waals surface area (Å²) in [6, 6.07) is 0. The highest BCUT2D eigenvalue weighted by molar-refractivity contribution is 8.12. The van der Waals surface area contributed by atoms with E-state index in [-0.39, 0.29) is 29.9 Å². The number of hydrogen-bond donors (Lipinski definition) is 2. The number of pyridine rings is 1. The molecule has 0 saturated heterocycles. The molecule has 0 bridgehead atoms. The molecule has 0 unspecified atom stereocenters. The minimum Gasteiger partial charge on any atom is -0.506 e. The molecule has 0 aliphatic carbocycles. The molecule has 90 valence electrons. The lowest BCUT2D eigenvalue weighted by atomic mass is 10.1. The first-order valence-electron chi connectivity index (χ1n) is 4.46. The molecule has 1 rings (SSSR count). The van der Waals surface area contributed by atoms with E-state index in [1.807, 2.05) is 0 Å². The van der Waals surface area contributed by atoms with Gasteiger partial charge in [0.25, 0.3) is 0 Å². The van der Waals surface area contributed by atoms with Gasteiger partial charge in [0.1, 0.15) is 5.75 Å². The zero-order valence-electron chi connectivity index (χ0n) is 9.06. The van der Waals surface area contributed by atoms with Crippen molar-refractivity contribution in [2.75, 3.05) is 0 Å². The summed E-state index contributed by atoms with van der Waals surface area (Å²) < 4.78 is 0. The van der Waals surface area contributed by atoms with E-state index >= 15 is 0 Å². The molecule has 1 aromatic rings. The number of aromatic nitrogens is 1. The minimum atomic E-state index is -0.247. The Hall–Kier alpha value is -0.780. The molecule has 0 amide bonds. The molecule has 6 heteroatoms. The first-order chi connectivity index (χ1) is 7.06. The van der Waals surface area contributed by atoms with Crippen molar-refractivity contribution in [1.82, 2.24) is 4.98 Å². The van der Waals surface area contributed by atoms with Crippen LogP contribution in [0.1, 0.15) is 23.7 Å². The van der Waals surface area contributed by atoms with Crippen LogP contribution in [0.5, 0.6) is 5.75 Å². The van der Waals surface area contributed by atoms with Crippen LogP contribution in [0, 0.1) is 6.92 Å². The van der Waals surface area contributed by atoms with Crippen LogP contribution in [0.3, 0.4) is 0 Å². The predicted octanol–water partition coefficient (Wildman–Crippen LogP) is 1.79. The number of aromatic hydroxyl groups is 1. The van der Waals surface area contributed by atoms with E-state index in [2.05, 4.69) is 4.98 Å². The topological polar surface area (TPSA) is 70.4 Å². The molecule has 1 heterocycles. The highest BCUT2D eigenvalue weighted by Gasteiger charge is 2.11. The summed E-state index contributed by atoms with van der Waals surface area (Å²) in [4.78, 5) is 14.8. The number of thioether (sulfide) groups is 1. The fourth-order valence-electron chi connectivity index (χ4n) is 1.16. The zero-order chi connectivity index (χ0) is 11.4. The van der Waals surface area contributed by atoms with Gasteiger partial charge >= 0.3 is 0 Å². The third kappa shape index (κ3) is 3.66. The van der Waals surface area contributed by atoms with Crippen LogP contribution in [0.2, 0.25) is 0 Å². The van der Waals surface area contributed by atoms with Crippen molar-refractivity contribution in [2.45, 2.75) is 26.2 Å². The first-order valence-corrected chi connectivity index (χ1v) is 5.45. The summed E-state index contributed by atoms with van der Waals surface area (Å²) in [5, 5.41) is 18.7. The molecule has 0 atom stereocenters. The highest BCUT2D eigenvalue weighted by Crippen LogP contribution is 2.26. The molecule has 0 saturated carbocycles. The van der Waals surface area contributed by atoms with Gasteiger partial charge in [-0.05, 0) is 12.5 Å². The number of halogens is 1. The molecule has 0 spiro atoms. The molecule has 16 heavy (non-hydrogen) atoms. The molecule has 4 nitrogen and oxygen atoms in total. The maximum atomic E-state index is 10.8. The highest BCUT2D eigenvalue weighted by atomic mass is 35.5. The maximum absolute atomic E-state index is 10.8. The Morgan fingerprint density at radius 3 is 2.69 bits per heavy atom. The molecular formula is C10H14ClNO3S. The van der Waals surface area contributed by atoms with E-state index < -0.39 is 0 Å². The standard InChI is InChI=1S/C10H13NO3S.ClH/c1-6-10(14)9(4-12)8(3-11-6)5-15-7(2)13;/h3,12,14H,4-5H2,1-2H3;1H. The largest absolute Gasteiger partial charge is 0.506 e. The number of carbonyl (C=O) groups excluding carboxylic acids is 1. The summed E-state index contributed by atoms with van der Waals surface area (Å²) >= 11 is 1.13. The van der Waals surface area contributed by atoms with Crippen LogP contribution >= 0.6 is 24.2 Å². The van der Waals surface area contributed by atoms with Gasteiger partial charge in [-0.2, -0.15) is 0 Å². The molecule has 0 radical (unpaired) electrons. The number of rotatable bonds is 3. The van der Waals surface area contributed by atoms with Crippen molar-refractivity contribution < 1.29 is 15.0 Å². The molecule has 2 N–H and O–H groups in total. The van der Waals surface area contributed by atoms with Gasteiger partial charge in [-0.3, -0.25) is 9.78 Å². The van der Waals surface area contributed by atoms with Gasteiger partial charge in [0.2, 0.25) is 0 Å². The van der Waals surface area contributed by atoms with Crippen LogP contribution < -0.4 is 0 Å². The average Bonchev–Trinajstić information content (AvgIpc) is 2.19. The van der Waals surface area contributed by atoms with E-state index in [4.69, 9.17) is 5.11 Å². The number of hydrogen-bond acceptors (Lipinski definition) is 5. The van der Waals surface area contributed by atoms with Crippen molar-refractivity contribution in [3.05, 3.63) is 23.0 Å². The second-order valence-corrected chi connectivity index (χ2v) is 4.29. The molecule has 0 aromatic carbocycles. The van der Waals surface area contributed by atoms with Crippen LogP contribution in [0.4, 0.5) is 0 Å². The van der Waals surface area contributed by atoms with E-state index in [1.54, 1.807) is 13.1 Å². The van der Waals surface area contributed by atoms with Gasteiger partial charge in [-0.15, -0.1) is 12.4 Å². The SMILES string of the molecule is CC(=O)SCc1cnc(C)c(O)c1CO.Cl. The third-order valence-corrected chi connectivity index (χ3v) is 2.88. The number of aliphatic hydroxyl groups excluding tert-OH is 1. The number of aryl methyl sites for hydroxylation is 1. The molecule has 0 aliphatic rings. The molecule has 1 aromatic heterocycles. The molecule has 0 fully saturated rings. The monoisotopic (exact) mass is 263 g/mol. The second kappa shape index (κ2) is 6.73. The van der Waals surface area contributed by atoms with Crippen LogP contribution in [0.25, 0.3) is 0 Å². The van der Waals surface area contributed by atoms with E-state index in [9.17, 15) is 9.90 Å². The van der Waals surface area contributed by atoms with Crippen molar-refractivity contribution >= 4 is 29.3 Å². The Kier molecular flexibility index (Phi) is 6.40. The number of aliphatic hydroxyl groups is 1. The van der Waals surface area contributed by atoms with Gasteiger partial charge in [-0.25, -0.2) is 0 Å². The summed E-state index contributed by atoms with van der Waals surface area (Å²) in [5.74, 6) is 0.436. The van der Waals surface area contributed by atoms with Crippen LogP contribution in [-0.4, -0.2) is 20.3 Å². The normalized spacial score (nSPS) is 9.69. The lowest BCUT2D eigenvalue weighted by Gasteiger charge is -2.09. The number of carbonyl (C=O) groups is 1. The zero-order valence-corrected chi connectivity index (χ0v) is 10.7. The lowest BCUT2D eigenvalue weighted by Crippen LogP contribution is -1.98. The van der Waals surface area contributed by atoms with Gasteiger partial charge in [0.15, 0.2) is 5.12 Å². The quantitative estimate of drug-likeness (QED) is 0.870. The van der Waals surface area contributed by atoms with Crippen molar-refractivity contribution in [3.8, 4) is 5.75 Å². The maximum Gasteiger partial charge on any atom is 0.186 e. The van der Waals surface area contributed by atoms with Crippen molar-refractivity contribution in [2.24, 2.45) is 0 Å². The van der Waals surface area contributed by atoms with Gasteiger partial charge < -0.3 is 10.2 Å². The van der Waals surface area contributed by atoms with Gasteiger partial charge in [0, 0.05) is 24.4 Å². The van der Waals surface area contributed by atoms with E-state index in [0.717, 1.165) is 11.8 Å². The van der Waals surface area contributed by atoms with E-state index in [1.165, 1.54) is 6.92 Å². The van der Waals surface area contributed by atoms with Gasteiger partial charge in [-0.1, -0.05) is 11.8 Å². The summed E-state index contributed by atoms with van der Waals surface area (Å²) in [6.45, 7) is 2.89. The first kappa shape index (κ1) is 15.2. The number of nitrogens with zero attached hydrogens (tertiary/aromatic N) is 1. The summed E-state index contributed by atoms with van der Waals surface area (Å²) in [7, 11) is 0. The van der Waals surface area contributed by atoms with Crippen LogP contribution in [-0.2, 0) is 17.2 Å². The van der Waals surface area contributed by atoms with E-state index in [0.29, 0.717) is 22.6 Å². The Morgan fingerprint density at radius 2 is 2.19 bits per heavy atom. The Morgan fingerprint density at radius 1 is 1.56 bits per heavy atom. The smallest absolute Gasteiger partial charge is 0.186 e. The molecule has 0 aliphatic heterocycles. The Labute approximate surface area is 105 Å². The minimum absolute atomic E-state index is 0. The summed E-state index contributed by atoms with van der Waals surface area (Å²) in [6.07, 6.45) is 1.58. The van der Waals surface area contributed by atoms with Crippen LogP contribution in [0.15, 0.2) is 6.20 Å². The molecular weight excluding hydrogens is 250 g/mol. The fourth-order valence-corrected chi connectivity index (χ4v) is 1.77. The van der Waals surface area contributed by atoms with Gasteiger partial charge in [0.05, 0.1) is 12.3 Å². The van der Waals surface area contributed by atoms with Crippen molar-refractivity contribution in [3.63, 3.8) is 0 Å². The fraction of sp³-hybridized carbons (Fsp3) is 0.400. The third-order valence-electron chi connectivity index (χ3n) is 2.02. The van der Waals surface area contributed by atoms with Crippen molar-refractivity contribution in [1.29, 1.82) is 0 Å². The Balaban J connectivity index is 0.00000225. The Bertz CT molecular complexity index is 385.